The third kappa shape index (κ3) is 4.05. The fourth-order valence-electron chi connectivity index (χ4n) is 2.63. The maximum Gasteiger partial charge on any atom is 0.107 e. The molecule has 4 heteroatoms. The Morgan fingerprint density at radius 1 is 1.47 bits per heavy atom. The van der Waals surface area contributed by atoms with E-state index in [1.165, 1.54) is 32.1 Å². The third-order valence-corrected chi connectivity index (χ3v) is 4.18. The zero-order valence-corrected chi connectivity index (χ0v) is 11.3. The van der Waals surface area contributed by atoms with Crippen molar-refractivity contribution in [2.24, 2.45) is 0 Å². The van der Waals surface area contributed by atoms with Gasteiger partial charge in [-0.2, -0.15) is 0 Å². The maximum absolute atomic E-state index is 9.62. The molecule has 1 atom stereocenters. The molecule has 2 rings (SSSR count). The number of thiazole rings is 1. The van der Waals surface area contributed by atoms with Crippen molar-refractivity contribution >= 4 is 11.3 Å². The molecule has 1 unspecified atom stereocenters. The molecule has 17 heavy (non-hydrogen) atoms. The second-order valence-electron chi connectivity index (χ2n) is 5.00. The van der Waals surface area contributed by atoms with Crippen LogP contribution in [0.2, 0.25) is 0 Å². The van der Waals surface area contributed by atoms with Gasteiger partial charge in [-0.25, -0.2) is 4.98 Å². The highest BCUT2D eigenvalue weighted by atomic mass is 32.1. The Bertz CT molecular complexity index is 307. The normalized spacial score (nSPS) is 19.7. The van der Waals surface area contributed by atoms with Gasteiger partial charge in [0.05, 0.1) is 12.6 Å². The molecule has 1 aromatic heterocycles. The van der Waals surface area contributed by atoms with Crippen molar-refractivity contribution in [3.8, 4) is 0 Å². The Morgan fingerprint density at radius 3 is 2.82 bits per heavy atom. The molecule has 1 aromatic rings. The fourth-order valence-corrected chi connectivity index (χ4v) is 3.27. The minimum atomic E-state index is -0.253. The number of aliphatic hydroxyl groups is 1. The van der Waals surface area contributed by atoms with E-state index in [0.717, 1.165) is 18.1 Å². The number of hydrogen-bond acceptors (Lipinski definition) is 4. The first-order chi connectivity index (χ1) is 8.25. The van der Waals surface area contributed by atoms with Crippen LogP contribution in [0.25, 0.3) is 0 Å². The van der Waals surface area contributed by atoms with Crippen LogP contribution in [-0.2, 0) is 6.54 Å². The molecule has 1 aliphatic rings. The van der Waals surface area contributed by atoms with E-state index < -0.39 is 0 Å². The van der Waals surface area contributed by atoms with Crippen LogP contribution >= 0.6 is 11.3 Å². The molecule has 1 saturated carbocycles. The monoisotopic (exact) mass is 254 g/mol. The molecular weight excluding hydrogens is 232 g/mol. The van der Waals surface area contributed by atoms with Gasteiger partial charge in [0.15, 0.2) is 0 Å². The molecular formula is C13H22N2OS. The molecule has 96 valence electrons. The largest absolute Gasteiger partial charge is 0.392 e. The lowest BCUT2D eigenvalue weighted by Crippen LogP contribution is -2.40. The van der Waals surface area contributed by atoms with Crippen LogP contribution in [0.1, 0.15) is 44.0 Å². The molecule has 0 aliphatic heterocycles. The van der Waals surface area contributed by atoms with Crippen molar-refractivity contribution in [3.63, 3.8) is 0 Å². The summed E-state index contributed by atoms with van der Waals surface area (Å²) in [5.74, 6) is 0. The zero-order chi connectivity index (χ0) is 12.1. The molecule has 1 N–H and O–H groups in total. The smallest absolute Gasteiger partial charge is 0.107 e. The van der Waals surface area contributed by atoms with Gasteiger partial charge < -0.3 is 5.11 Å². The highest BCUT2D eigenvalue weighted by Gasteiger charge is 2.22. The van der Waals surface area contributed by atoms with E-state index in [1.54, 1.807) is 11.3 Å². The topological polar surface area (TPSA) is 36.4 Å². The summed E-state index contributed by atoms with van der Waals surface area (Å²) in [6.07, 6.45) is 8.20. The highest BCUT2D eigenvalue weighted by Crippen LogP contribution is 2.24. The standard InChI is InChI=1S/C13H22N2OS/c1-11(16)9-15(10-13-14-7-8-17-13)12-5-3-2-4-6-12/h7-8,11-12,16H,2-6,9-10H2,1H3. The van der Waals surface area contributed by atoms with E-state index in [4.69, 9.17) is 0 Å². The molecule has 0 amide bonds. The Labute approximate surface area is 107 Å². The molecule has 1 heterocycles. The van der Waals surface area contributed by atoms with Gasteiger partial charge in [0.1, 0.15) is 5.01 Å². The highest BCUT2D eigenvalue weighted by molar-refractivity contribution is 7.09. The van der Waals surface area contributed by atoms with Gasteiger partial charge >= 0.3 is 0 Å². The average Bonchev–Trinajstić information content (AvgIpc) is 2.82. The van der Waals surface area contributed by atoms with Gasteiger partial charge in [0.2, 0.25) is 0 Å². The van der Waals surface area contributed by atoms with Crippen LogP contribution in [0.15, 0.2) is 11.6 Å². The van der Waals surface area contributed by atoms with E-state index in [2.05, 4.69) is 9.88 Å². The first-order valence-electron chi connectivity index (χ1n) is 6.56. The summed E-state index contributed by atoms with van der Waals surface area (Å²) in [6, 6.07) is 0.641. The molecule has 1 aliphatic carbocycles. The minimum Gasteiger partial charge on any atom is -0.392 e. The van der Waals surface area contributed by atoms with Crippen LogP contribution in [0, 0.1) is 0 Å². The van der Waals surface area contributed by atoms with E-state index in [0.29, 0.717) is 6.04 Å². The SMILES string of the molecule is CC(O)CN(Cc1nccs1)C1CCCCC1. The van der Waals surface area contributed by atoms with Gasteiger partial charge in [0.25, 0.3) is 0 Å². The van der Waals surface area contributed by atoms with Gasteiger partial charge in [-0.1, -0.05) is 19.3 Å². The van der Waals surface area contributed by atoms with Crippen molar-refractivity contribution in [2.45, 2.75) is 57.7 Å². The maximum atomic E-state index is 9.62. The van der Waals surface area contributed by atoms with Crippen molar-refractivity contribution in [1.29, 1.82) is 0 Å². The lowest BCUT2D eigenvalue weighted by atomic mass is 9.94. The second kappa shape index (κ2) is 6.47. The Balaban J connectivity index is 1.96. The first kappa shape index (κ1) is 13.0. The molecule has 0 aromatic carbocycles. The molecule has 0 saturated heterocycles. The van der Waals surface area contributed by atoms with E-state index in [1.807, 2.05) is 18.5 Å². The second-order valence-corrected chi connectivity index (χ2v) is 5.98. The number of aliphatic hydroxyl groups excluding tert-OH is 1. The Hall–Kier alpha value is -0.450. The van der Waals surface area contributed by atoms with E-state index in [-0.39, 0.29) is 6.10 Å². The van der Waals surface area contributed by atoms with E-state index >= 15 is 0 Å². The average molecular weight is 254 g/mol. The van der Waals surface area contributed by atoms with Crippen molar-refractivity contribution in [3.05, 3.63) is 16.6 Å². The van der Waals surface area contributed by atoms with Crippen LogP contribution in [0.4, 0.5) is 0 Å². The predicted molar refractivity (Wildman–Crippen MR) is 71.1 cm³/mol. The fraction of sp³-hybridized carbons (Fsp3) is 0.769. The molecule has 0 radical (unpaired) electrons. The van der Waals surface area contributed by atoms with Crippen molar-refractivity contribution < 1.29 is 5.11 Å². The number of aromatic nitrogens is 1. The molecule has 1 fully saturated rings. The zero-order valence-electron chi connectivity index (χ0n) is 10.5. The van der Waals surface area contributed by atoms with Crippen LogP contribution in [0.3, 0.4) is 0 Å². The summed E-state index contributed by atoms with van der Waals surface area (Å²) in [6.45, 7) is 3.54. The summed E-state index contributed by atoms with van der Waals surface area (Å²) in [5, 5.41) is 12.8. The first-order valence-corrected chi connectivity index (χ1v) is 7.44. The lowest BCUT2D eigenvalue weighted by Gasteiger charge is -2.34. The van der Waals surface area contributed by atoms with E-state index in [9.17, 15) is 5.11 Å². The quantitative estimate of drug-likeness (QED) is 0.877. The minimum absolute atomic E-state index is 0.253. The summed E-state index contributed by atoms with van der Waals surface area (Å²) in [4.78, 5) is 6.77. The molecule has 0 bridgehead atoms. The van der Waals surface area contributed by atoms with Crippen molar-refractivity contribution in [1.82, 2.24) is 9.88 Å². The van der Waals surface area contributed by atoms with Gasteiger partial charge in [-0.3, -0.25) is 4.90 Å². The summed E-state index contributed by atoms with van der Waals surface area (Å²) in [7, 11) is 0. The summed E-state index contributed by atoms with van der Waals surface area (Å²) in [5.41, 5.74) is 0. The molecule has 3 nitrogen and oxygen atoms in total. The number of hydrogen-bond donors (Lipinski definition) is 1. The molecule has 0 spiro atoms. The Kier molecular flexibility index (Phi) is 4.95. The number of nitrogens with zero attached hydrogens (tertiary/aromatic N) is 2. The number of rotatable bonds is 5. The Morgan fingerprint density at radius 2 is 2.24 bits per heavy atom. The summed E-state index contributed by atoms with van der Waals surface area (Å²) < 4.78 is 0. The van der Waals surface area contributed by atoms with Gasteiger partial charge in [0, 0.05) is 24.2 Å². The summed E-state index contributed by atoms with van der Waals surface area (Å²) >= 11 is 1.71. The van der Waals surface area contributed by atoms with Crippen LogP contribution in [-0.4, -0.2) is 33.7 Å². The lowest BCUT2D eigenvalue weighted by molar-refractivity contribution is 0.0768. The van der Waals surface area contributed by atoms with Crippen molar-refractivity contribution in [2.75, 3.05) is 6.54 Å². The predicted octanol–water partition coefficient (Wildman–Crippen LogP) is 2.66. The van der Waals surface area contributed by atoms with Gasteiger partial charge in [-0.05, 0) is 19.8 Å². The van der Waals surface area contributed by atoms with Crippen LogP contribution in [0.5, 0.6) is 0 Å². The third-order valence-electron chi connectivity index (χ3n) is 3.41. The van der Waals surface area contributed by atoms with Crippen LogP contribution < -0.4 is 0 Å². The van der Waals surface area contributed by atoms with Gasteiger partial charge in [-0.15, -0.1) is 11.3 Å².